The molecule has 1 unspecified atom stereocenters. The number of hydrogen-bond acceptors (Lipinski definition) is 5. The highest BCUT2D eigenvalue weighted by atomic mass is 35.5. The molecule has 1 atom stereocenters. The van der Waals surface area contributed by atoms with Crippen molar-refractivity contribution >= 4 is 17.6 Å². The number of alkyl halides is 2. The summed E-state index contributed by atoms with van der Waals surface area (Å²) in [5.74, 6) is -3.20. The average Bonchev–Trinajstić information content (AvgIpc) is 2.76. The van der Waals surface area contributed by atoms with E-state index in [1.165, 1.54) is 0 Å². The molecule has 0 saturated heterocycles. The molecule has 4 N–H and O–H groups in total. The van der Waals surface area contributed by atoms with Crippen molar-refractivity contribution in [2.45, 2.75) is 26.5 Å². The summed E-state index contributed by atoms with van der Waals surface area (Å²) in [6.07, 6.45) is -1.42. The summed E-state index contributed by atoms with van der Waals surface area (Å²) in [7, 11) is 0. The molecule has 2 aromatic rings. The SMILES string of the molecule is Cc1nn(-c2cc(OC(C)C(=O)[O-])c(Cl)cc2F)c(=O)n1C(F)F.[NH4+]. The van der Waals surface area contributed by atoms with Gasteiger partial charge < -0.3 is 20.8 Å². The molecule has 0 aliphatic rings. The third kappa shape index (κ3) is 3.94. The minimum absolute atomic E-state index is 0. The molecule has 12 heteroatoms. The van der Waals surface area contributed by atoms with Crippen LogP contribution in [0.4, 0.5) is 13.2 Å². The van der Waals surface area contributed by atoms with Crippen molar-refractivity contribution in [2.24, 2.45) is 0 Å². The number of quaternary nitrogens is 1. The van der Waals surface area contributed by atoms with Gasteiger partial charge in [0.25, 0.3) is 0 Å². The lowest BCUT2D eigenvalue weighted by Crippen LogP contribution is -2.37. The molecule has 0 fully saturated rings. The summed E-state index contributed by atoms with van der Waals surface area (Å²) in [5.41, 5.74) is -1.80. The number of aliphatic carboxylic acids is 1. The maximum Gasteiger partial charge on any atom is 0.355 e. The van der Waals surface area contributed by atoms with Crippen molar-refractivity contribution < 1.29 is 27.8 Å². The number of carboxylic acids is 1. The predicted octanol–water partition coefficient (Wildman–Crippen LogP) is 1.42. The Kier molecular flexibility index (Phi) is 6.21. The Morgan fingerprint density at radius 2 is 2.00 bits per heavy atom. The van der Waals surface area contributed by atoms with Crippen molar-refractivity contribution in [2.75, 3.05) is 0 Å². The number of carbonyl (C=O) groups is 1. The number of carboxylic acid groups (broad SMARTS) is 1. The van der Waals surface area contributed by atoms with E-state index in [4.69, 9.17) is 16.3 Å². The molecule has 0 spiro atoms. The van der Waals surface area contributed by atoms with Gasteiger partial charge in [-0.3, -0.25) is 0 Å². The van der Waals surface area contributed by atoms with Crippen LogP contribution < -0.4 is 21.7 Å². The van der Waals surface area contributed by atoms with E-state index >= 15 is 0 Å². The third-order valence-corrected chi connectivity index (χ3v) is 3.34. The first-order chi connectivity index (χ1) is 11.1. The number of benzene rings is 1. The number of aryl methyl sites for hydroxylation is 1. The lowest BCUT2D eigenvalue weighted by Gasteiger charge is -2.17. The van der Waals surface area contributed by atoms with Crippen LogP contribution in [0.3, 0.4) is 0 Å². The fourth-order valence-corrected chi connectivity index (χ4v) is 2.06. The first-order valence-electron chi connectivity index (χ1n) is 6.46. The quantitative estimate of drug-likeness (QED) is 0.837. The fraction of sp³-hybridized carbons (Fsp3) is 0.308. The van der Waals surface area contributed by atoms with Crippen molar-refractivity contribution in [1.29, 1.82) is 0 Å². The number of hydrogen-bond donors (Lipinski definition) is 1. The van der Waals surface area contributed by atoms with E-state index in [0.29, 0.717) is 4.68 Å². The van der Waals surface area contributed by atoms with E-state index in [0.717, 1.165) is 26.0 Å². The van der Waals surface area contributed by atoms with Gasteiger partial charge in [0.15, 0.2) is 5.82 Å². The van der Waals surface area contributed by atoms with Crippen molar-refractivity contribution in [3.8, 4) is 11.4 Å². The summed E-state index contributed by atoms with van der Waals surface area (Å²) >= 11 is 5.75. The van der Waals surface area contributed by atoms with Gasteiger partial charge in [-0.2, -0.15) is 13.5 Å². The van der Waals surface area contributed by atoms with Gasteiger partial charge in [-0.25, -0.2) is 13.8 Å². The molecule has 0 aliphatic carbocycles. The van der Waals surface area contributed by atoms with E-state index < -0.39 is 35.8 Å². The number of ether oxygens (including phenoxy) is 1. The van der Waals surface area contributed by atoms with Crippen LogP contribution in [0, 0.1) is 12.7 Å². The summed E-state index contributed by atoms with van der Waals surface area (Å²) in [5, 5.41) is 14.0. The highest BCUT2D eigenvalue weighted by Gasteiger charge is 2.22. The topological polar surface area (TPSA) is 126 Å². The molecule has 0 radical (unpaired) electrons. The zero-order valence-electron chi connectivity index (χ0n) is 13.3. The minimum Gasteiger partial charge on any atom is -0.546 e. The van der Waals surface area contributed by atoms with Gasteiger partial charge in [0, 0.05) is 6.07 Å². The van der Waals surface area contributed by atoms with Crippen LogP contribution in [0.2, 0.25) is 5.02 Å². The van der Waals surface area contributed by atoms with Gasteiger partial charge in [-0.15, -0.1) is 5.10 Å². The summed E-state index contributed by atoms with van der Waals surface area (Å²) in [6.45, 7) is -0.861. The molecule has 2 rings (SSSR count). The first-order valence-corrected chi connectivity index (χ1v) is 6.84. The fourth-order valence-electron chi connectivity index (χ4n) is 1.87. The van der Waals surface area contributed by atoms with Crippen LogP contribution in [0.5, 0.6) is 5.75 Å². The Morgan fingerprint density at radius 1 is 1.40 bits per heavy atom. The number of carbonyl (C=O) groups excluding carboxylic acids is 1. The predicted molar refractivity (Wildman–Crippen MR) is 79.9 cm³/mol. The molecule has 138 valence electrons. The Bertz CT molecular complexity index is 853. The zero-order valence-corrected chi connectivity index (χ0v) is 14.1. The van der Waals surface area contributed by atoms with E-state index in [1.54, 1.807) is 0 Å². The molecule has 0 amide bonds. The smallest absolute Gasteiger partial charge is 0.355 e. The molecule has 1 heterocycles. The zero-order chi connectivity index (χ0) is 18.2. The molecule has 1 aromatic heterocycles. The van der Waals surface area contributed by atoms with Crippen LogP contribution in [-0.2, 0) is 4.79 Å². The molecule has 0 bridgehead atoms. The Morgan fingerprint density at radius 3 is 2.48 bits per heavy atom. The second kappa shape index (κ2) is 7.57. The number of nitrogens with zero attached hydrogens (tertiary/aromatic N) is 3. The second-order valence-corrected chi connectivity index (χ2v) is 5.11. The van der Waals surface area contributed by atoms with Gasteiger partial charge in [0.2, 0.25) is 0 Å². The van der Waals surface area contributed by atoms with Crippen molar-refractivity contribution in [1.82, 2.24) is 20.5 Å². The molecular weight excluding hydrogens is 369 g/mol. The maximum absolute atomic E-state index is 14.1. The normalized spacial score (nSPS) is 12.0. The number of rotatable bonds is 5. The van der Waals surface area contributed by atoms with Crippen LogP contribution in [0.25, 0.3) is 5.69 Å². The molecule has 0 aliphatic heterocycles. The highest BCUT2D eigenvalue weighted by Crippen LogP contribution is 2.30. The van der Waals surface area contributed by atoms with Gasteiger partial charge in [-0.05, 0) is 19.9 Å². The maximum atomic E-state index is 14.1. The molecule has 0 saturated carbocycles. The average molecular weight is 383 g/mol. The highest BCUT2D eigenvalue weighted by molar-refractivity contribution is 6.32. The van der Waals surface area contributed by atoms with Crippen molar-refractivity contribution in [3.63, 3.8) is 0 Å². The van der Waals surface area contributed by atoms with E-state index in [-0.39, 0.29) is 27.3 Å². The molecule has 1 aromatic carbocycles. The van der Waals surface area contributed by atoms with Crippen molar-refractivity contribution in [3.05, 3.63) is 39.3 Å². The number of halogens is 4. The Labute approximate surface area is 144 Å². The van der Waals surface area contributed by atoms with E-state index in [9.17, 15) is 27.9 Å². The second-order valence-electron chi connectivity index (χ2n) is 4.70. The summed E-state index contributed by atoms with van der Waals surface area (Å²) in [4.78, 5) is 22.7. The van der Waals surface area contributed by atoms with Gasteiger partial charge in [0.05, 0.1) is 11.0 Å². The Balaban J connectivity index is 0.00000312. The monoisotopic (exact) mass is 382 g/mol. The van der Waals surface area contributed by atoms with Gasteiger partial charge >= 0.3 is 12.2 Å². The molecule has 8 nitrogen and oxygen atoms in total. The van der Waals surface area contributed by atoms with Crippen LogP contribution in [0.1, 0.15) is 19.3 Å². The van der Waals surface area contributed by atoms with Crippen LogP contribution >= 0.6 is 11.6 Å². The minimum atomic E-state index is -3.16. The number of aromatic nitrogens is 3. The summed E-state index contributed by atoms with van der Waals surface area (Å²) < 4.78 is 45.2. The molecular formula is C13H14ClF3N4O4. The van der Waals surface area contributed by atoms with Crippen LogP contribution in [-0.4, -0.2) is 26.4 Å². The van der Waals surface area contributed by atoms with Gasteiger partial charge in [0.1, 0.15) is 23.4 Å². The first kappa shape index (κ1) is 20.5. The lowest BCUT2D eigenvalue weighted by atomic mass is 10.2. The van der Waals surface area contributed by atoms with Gasteiger partial charge in [-0.1, -0.05) is 11.6 Å². The Hall–Kier alpha value is -2.53. The summed E-state index contributed by atoms with van der Waals surface area (Å²) in [6, 6.07) is 1.64. The third-order valence-electron chi connectivity index (χ3n) is 3.04. The standard InChI is InChI=1S/C13H11ClF3N3O4.H3N/c1-5(11(21)22)24-10-4-9(8(15)3-7(10)14)20-13(23)19(12(16)17)6(2)18-20;/h3-5,12H,1-2H3,(H,21,22);1H3. The molecule has 25 heavy (non-hydrogen) atoms. The van der Waals surface area contributed by atoms with Crippen LogP contribution in [0.15, 0.2) is 16.9 Å². The largest absolute Gasteiger partial charge is 0.546 e. The lowest BCUT2D eigenvalue weighted by molar-refractivity contribution is -0.312. The van der Waals surface area contributed by atoms with E-state index in [1.807, 2.05) is 0 Å². The van der Waals surface area contributed by atoms with E-state index in [2.05, 4.69) is 5.10 Å².